The summed E-state index contributed by atoms with van der Waals surface area (Å²) in [5.74, 6) is 0.270. The second-order valence-electron chi connectivity index (χ2n) is 8.63. The van der Waals surface area contributed by atoms with Crippen LogP contribution in [0.15, 0.2) is 60.7 Å². The van der Waals surface area contributed by atoms with Crippen molar-refractivity contribution in [2.45, 2.75) is 46.0 Å². The first-order chi connectivity index (χ1) is 18.3. The van der Waals surface area contributed by atoms with Gasteiger partial charge in [-0.05, 0) is 36.8 Å². The highest BCUT2D eigenvalue weighted by atomic mass is 32.3. The molecule has 1 saturated carbocycles. The van der Waals surface area contributed by atoms with Crippen molar-refractivity contribution in [2.75, 3.05) is 26.4 Å². The van der Waals surface area contributed by atoms with Crippen LogP contribution in [0.2, 0.25) is 0 Å². The van der Waals surface area contributed by atoms with Gasteiger partial charge in [0.05, 0.1) is 45.1 Å². The van der Waals surface area contributed by atoms with E-state index in [0.29, 0.717) is 32.3 Å². The first kappa shape index (κ1) is 31.3. The highest BCUT2D eigenvalue weighted by molar-refractivity contribution is 7.82. The van der Waals surface area contributed by atoms with Crippen LogP contribution >= 0.6 is 0 Å². The molecule has 2 aromatic rings. The van der Waals surface area contributed by atoms with Gasteiger partial charge in [0.15, 0.2) is 0 Å². The molecule has 2 aromatic carbocycles. The Morgan fingerprint density at radius 3 is 1.92 bits per heavy atom. The van der Waals surface area contributed by atoms with E-state index in [0.717, 1.165) is 18.4 Å². The van der Waals surface area contributed by atoms with Gasteiger partial charge in [-0.15, -0.1) is 0 Å². The molecule has 0 radical (unpaired) electrons. The standard InChI is InChI=1S/C16H22O3.C10H12O5S.CO2/c1-3-16(15(17)19-4-2)10-14(16)12-18-11-13-8-6-5-7-9-13;11-16(12)14-8-10(15-16)7-13-6-9-4-2-1-3-5-9;2-1-3/h5-9,14H,3-4,10-12H2,1-2H3;1-5,10H,6-8H2;/t14-,16-;10-;/m11./s1. The van der Waals surface area contributed by atoms with Gasteiger partial charge in [0.2, 0.25) is 0 Å². The summed E-state index contributed by atoms with van der Waals surface area (Å²) in [7, 11) is -3.77. The first-order valence-corrected chi connectivity index (χ1v) is 13.6. The van der Waals surface area contributed by atoms with Crippen molar-refractivity contribution in [3.63, 3.8) is 0 Å². The fraction of sp³-hybridized carbons (Fsp3) is 0.481. The molecule has 38 heavy (non-hydrogen) atoms. The predicted molar refractivity (Wildman–Crippen MR) is 134 cm³/mol. The van der Waals surface area contributed by atoms with Crippen molar-refractivity contribution in [1.29, 1.82) is 0 Å². The summed E-state index contributed by atoms with van der Waals surface area (Å²) in [6.07, 6.45) is 1.45. The molecule has 1 saturated heterocycles. The zero-order valence-electron chi connectivity index (χ0n) is 21.6. The minimum atomic E-state index is -3.77. The van der Waals surface area contributed by atoms with E-state index in [1.165, 1.54) is 5.56 Å². The van der Waals surface area contributed by atoms with E-state index in [4.69, 9.17) is 23.8 Å². The van der Waals surface area contributed by atoms with Crippen molar-refractivity contribution in [3.8, 4) is 0 Å². The topological polar surface area (TPSA) is 132 Å². The van der Waals surface area contributed by atoms with Crippen LogP contribution in [-0.2, 0) is 60.6 Å². The van der Waals surface area contributed by atoms with E-state index in [1.807, 2.05) is 74.5 Å². The van der Waals surface area contributed by atoms with Gasteiger partial charge < -0.3 is 14.2 Å². The molecule has 0 N–H and O–H groups in total. The minimum Gasteiger partial charge on any atom is -0.466 e. The first-order valence-electron chi connectivity index (χ1n) is 12.3. The SMILES string of the molecule is CCOC(=O)[C@]1(CC)C[C@@H]1COCc1ccccc1.O=C=O.O=S1(=O)OC[C@@H](COCc2ccccc2)O1. The average Bonchev–Trinajstić information content (AvgIpc) is 3.53. The van der Waals surface area contributed by atoms with E-state index in [9.17, 15) is 13.2 Å². The quantitative estimate of drug-likeness (QED) is 0.383. The number of carbonyl (C=O) groups is 1. The Balaban J connectivity index is 0.000000245. The summed E-state index contributed by atoms with van der Waals surface area (Å²) in [6, 6.07) is 19.7. The lowest BCUT2D eigenvalue weighted by atomic mass is 10.0. The summed E-state index contributed by atoms with van der Waals surface area (Å²) in [5.41, 5.74) is 1.93. The summed E-state index contributed by atoms with van der Waals surface area (Å²) < 4.78 is 46.8. The van der Waals surface area contributed by atoms with Crippen LogP contribution in [-0.4, -0.2) is 53.1 Å². The van der Waals surface area contributed by atoms with Crippen LogP contribution in [0, 0.1) is 11.3 Å². The molecular weight excluding hydrogens is 516 g/mol. The molecule has 0 aromatic heterocycles. The Morgan fingerprint density at radius 1 is 0.947 bits per heavy atom. The van der Waals surface area contributed by atoms with Crippen LogP contribution in [0.5, 0.6) is 0 Å². The smallest absolute Gasteiger partial charge is 0.400 e. The maximum atomic E-state index is 11.9. The molecule has 11 heteroatoms. The third-order valence-electron chi connectivity index (χ3n) is 6.04. The molecule has 2 fully saturated rings. The summed E-state index contributed by atoms with van der Waals surface area (Å²) in [5, 5.41) is 0. The Morgan fingerprint density at radius 2 is 1.47 bits per heavy atom. The van der Waals surface area contributed by atoms with Gasteiger partial charge >= 0.3 is 22.5 Å². The largest absolute Gasteiger partial charge is 0.466 e. The van der Waals surface area contributed by atoms with Crippen LogP contribution in [0.4, 0.5) is 0 Å². The molecule has 0 unspecified atom stereocenters. The molecule has 1 aliphatic carbocycles. The summed E-state index contributed by atoms with van der Waals surface area (Å²) >= 11 is 0. The number of ether oxygens (including phenoxy) is 3. The van der Waals surface area contributed by atoms with E-state index in [-0.39, 0.29) is 30.7 Å². The van der Waals surface area contributed by atoms with E-state index >= 15 is 0 Å². The van der Waals surface area contributed by atoms with Gasteiger partial charge in [-0.3, -0.25) is 4.79 Å². The molecular formula is C27H34O10S. The Hall–Kier alpha value is -2.92. The lowest BCUT2D eigenvalue weighted by Gasteiger charge is -2.13. The van der Waals surface area contributed by atoms with Crippen LogP contribution < -0.4 is 0 Å². The summed E-state index contributed by atoms with van der Waals surface area (Å²) in [6.45, 7) is 6.27. The molecule has 0 bridgehead atoms. The van der Waals surface area contributed by atoms with Gasteiger partial charge in [-0.2, -0.15) is 18.0 Å². The van der Waals surface area contributed by atoms with E-state index in [2.05, 4.69) is 8.37 Å². The molecule has 208 valence electrons. The van der Waals surface area contributed by atoms with Gasteiger partial charge in [0.1, 0.15) is 6.10 Å². The normalized spacial score (nSPS) is 22.6. The van der Waals surface area contributed by atoms with Gasteiger partial charge in [0, 0.05) is 0 Å². The average molecular weight is 551 g/mol. The van der Waals surface area contributed by atoms with Crippen molar-refractivity contribution < 1.29 is 45.4 Å². The molecule has 1 heterocycles. The summed E-state index contributed by atoms with van der Waals surface area (Å²) in [4.78, 5) is 28.2. The number of hydrogen-bond donors (Lipinski definition) is 0. The molecule has 1 aliphatic heterocycles. The second kappa shape index (κ2) is 16.1. The maximum absolute atomic E-state index is 11.9. The Kier molecular flexibility index (Phi) is 13.3. The van der Waals surface area contributed by atoms with E-state index in [1.54, 1.807) is 0 Å². The molecule has 2 aliphatic rings. The third kappa shape index (κ3) is 10.4. The Bertz CT molecular complexity index is 1100. The lowest BCUT2D eigenvalue weighted by molar-refractivity contribution is -0.191. The molecule has 4 rings (SSSR count). The third-order valence-corrected chi connectivity index (χ3v) is 6.98. The van der Waals surface area contributed by atoms with Crippen molar-refractivity contribution in [1.82, 2.24) is 0 Å². The van der Waals surface area contributed by atoms with Crippen LogP contribution in [0.1, 0.15) is 37.8 Å². The fourth-order valence-corrected chi connectivity index (χ4v) is 4.75. The molecule has 0 amide bonds. The van der Waals surface area contributed by atoms with Crippen molar-refractivity contribution in [2.24, 2.45) is 11.3 Å². The molecule has 0 spiro atoms. The van der Waals surface area contributed by atoms with Crippen molar-refractivity contribution in [3.05, 3.63) is 71.8 Å². The van der Waals surface area contributed by atoms with E-state index < -0.39 is 16.5 Å². The number of esters is 1. The monoisotopic (exact) mass is 550 g/mol. The predicted octanol–water partition coefficient (Wildman–Crippen LogP) is 3.46. The second-order valence-corrected chi connectivity index (χ2v) is 9.87. The van der Waals surface area contributed by atoms with Crippen molar-refractivity contribution >= 4 is 22.5 Å². The maximum Gasteiger partial charge on any atom is 0.400 e. The lowest BCUT2D eigenvalue weighted by Crippen LogP contribution is -2.22. The number of hydrogen-bond acceptors (Lipinski definition) is 10. The van der Waals surface area contributed by atoms with Crippen LogP contribution in [0.3, 0.4) is 0 Å². The van der Waals surface area contributed by atoms with Gasteiger partial charge in [-0.25, -0.2) is 8.37 Å². The molecule has 10 nitrogen and oxygen atoms in total. The highest BCUT2D eigenvalue weighted by Gasteiger charge is 2.59. The number of rotatable bonds is 11. The number of benzene rings is 2. The zero-order chi connectivity index (χ0) is 27.9. The van der Waals surface area contributed by atoms with Crippen LogP contribution in [0.25, 0.3) is 0 Å². The minimum absolute atomic E-state index is 0.0249. The highest BCUT2D eigenvalue weighted by Crippen LogP contribution is 2.56. The fourth-order valence-electron chi connectivity index (χ4n) is 3.93. The van der Waals surface area contributed by atoms with Gasteiger partial charge in [-0.1, -0.05) is 67.6 Å². The molecule has 3 atom stereocenters. The number of carbonyl (C=O) groups excluding carboxylic acids is 3. The zero-order valence-corrected chi connectivity index (χ0v) is 22.4. The van der Waals surface area contributed by atoms with Gasteiger partial charge in [0.25, 0.3) is 0 Å². The Labute approximate surface area is 223 Å².